The van der Waals surface area contributed by atoms with Gasteiger partial charge < -0.3 is 34.0 Å². The molecule has 3 unspecified atom stereocenters. The molecule has 0 aromatic rings. The van der Waals surface area contributed by atoms with Gasteiger partial charge in [-0.2, -0.15) is 12.6 Å². The van der Waals surface area contributed by atoms with Gasteiger partial charge in [0.05, 0.1) is 58.4 Å². The maximum atomic E-state index is 12.9. The average Bonchev–Trinajstić information content (AvgIpc) is 2.87. The maximum absolute atomic E-state index is 12.9. The number of rotatable bonds is 22. The van der Waals surface area contributed by atoms with E-state index in [-0.39, 0.29) is 62.0 Å². The van der Waals surface area contributed by atoms with Crippen molar-refractivity contribution < 1.29 is 52.6 Å². The molecule has 3 atom stereocenters. The average molecular weight is 594 g/mol. The van der Waals surface area contributed by atoms with Gasteiger partial charge in [0.25, 0.3) is 5.91 Å². The number of ether oxygens (including phenoxy) is 2. The van der Waals surface area contributed by atoms with Crippen LogP contribution >= 0.6 is 12.6 Å². The first-order chi connectivity index (χ1) is 18.5. The van der Waals surface area contributed by atoms with Crippen LogP contribution in [0.15, 0.2) is 0 Å². The van der Waals surface area contributed by atoms with Crippen LogP contribution in [0.5, 0.6) is 0 Å². The molecule has 0 radical (unpaired) electrons. The van der Waals surface area contributed by atoms with E-state index in [0.717, 1.165) is 0 Å². The van der Waals surface area contributed by atoms with Crippen molar-refractivity contribution in [3.05, 3.63) is 0 Å². The molecule has 0 fully saturated rings. The van der Waals surface area contributed by atoms with Gasteiger partial charge in [-0.15, -0.1) is 0 Å². The molecule has 0 aromatic heterocycles. The van der Waals surface area contributed by atoms with Gasteiger partial charge in [0, 0.05) is 12.3 Å². The Morgan fingerprint density at radius 1 is 0.925 bits per heavy atom. The number of quaternary nitrogens is 2. The Morgan fingerprint density at radius 3 is 2.05 bits per heavy atom. The molecule has 0 aliphatic heterocycles. The molecule has 0 heterocycles. The Kier molecular flexibility index (Phi) is 17.1. The summed E-state index contributed by atoms with van der Waals surface area (Å²) in [6, 6.07) is 0. The number of nitrogens with one attached hydrogen (secondary N) is 1. The van der Waals surface area contributed by atoms with Crippen LogP contribution in [0.1, 0.15) is 52.9 Å². The Balaban J connectivity index is 4.83. The number of likely N-dealkylation sites (N-methyl/N-ethyl adjacent to an activating group) is 2. The van der Waals surface area contributed by atoms with Crippen molar-refractivity contribution in [3.8, 4) is 0 Å². The predicted octanol–water partition coefficient (Wildman–Crippen LogP) is 1.42. The van der Waals surface area contributed by atoms with Gasteiger partial charge in [0.15, 0.2) is 6.54 Å². The fourth-order valence-electron chi connectivity index (χ4n) is 3.89. The van der Waals surface area contributed by atoms with Crippen molar-refractivity contribution >= 4 is 42.4 Å². The molecule has 0 saturated carbocycles. The van der Waals surface area contributed by atoms with Crippen LogP contribution in [0.3, 0.4) is 0 Å². The van der Waals surface area contributed by atoms with Gasteiger partial charge >= 0.3 is 23.9 Å². The summed E-state index contributed by atoms with van der Waals surface area (Å²) in [6.45, 7) is 7.50. The van der Waals surface area contributed by atoms with Crippen LogP contribution in [-0.4, -0.2) is 128 Å². The van der Waals surface area contributed by atoms with Crippen LogP contribution in [0.2, 0.25) is 0 Å². The van der Waals surface area contributed by atoms with Crippen LogP contribution < -0.4 is 5.32 Å². The molecule has 232 valence electrons. The van der Waals surface area contributed by atoms with Crippen LogP contribution in [0, 0.1) is 11.3 Å². The summed E-state index contributed by atoms with van der Waals surface area (Å²) in [7, 11) is 5.52. The van der Waals surface area contributed by atoms with E-state index in [1.807, 2.05) is 27.9 Å². The number of carboxylic acids is 2. The first-order valence-electron chi connectivity index (χ1n) is 13.8. The Bertz CT molecular complexity index is 855. The number of esters is 2. The minimum atomic E-state index is -0.968. The van der Waals surface area contributed by atoms with E-state index in [1.165, 1.54) is 0 Å². The van der Waals surface area contributed by atoms with Gasteiger partial charge in [-0.25, -0.2) is 0 Å². The molecule has 13 heteroatoms. The molecular weight excluding hydrogens is 542 g/mol. The number of hydrogen-bond acceptors (Lipinski definition) is 8. The van der Waals surface area contributed by atoms with E-state index in [4.69, 9.17) is 19.7 Å². The lowest BCUT2D eigenvalue weighted by Gasteiger charge is -2.33. The van der Waals surface area contributed by atoms with Crippen molar-refractivity contribution in [3.63, 3.8) is 0 Å². The molecule has 0 saturated heterocycles. The van der Waals surface area contributed by atoms with Gasteiger partial charge in [0.2, 0.25) is 0 Å². The van der Waals surface area contributed by atoms with Crippen LogP contribution in [-0.2, 0) is 33.4 Å². The molecule has 0 aliphatic carbocycles. The lowest BCUT2D eigenvalue weighted by Crippen LogP contribution is -2.53. The van der Waals surface area contributed by atoms with Gasteiger partial charge in [0.1, 0.15) is 26.3 Å². The van der Waals surface area contributed by atoms with E-state index >= 15 is 0 Å². The summed E-state index contributed by atoms with van der Waals surface area (Å²) in [4.78, 5) is 59.7. The third kappa shape index (κ3) is 16.0. The zero-order chi connectivity index (χ0) is 31.0. The van der Waals surface area contributed by atoms with Crippen LogP contribution in [0.4, 0.5) is 0 Å². The third-order valence-electron chi connectivity index (χ3n) is 7.37. The number of carbonyl (C=O) groups excluding carboxylic acids is 3. The largest absolute Gasteiger partial charge is 0.481 e. The first-order valence-corrected chi connectivity index (χ1v) is 14.4. The number of hydrogen-bond donors (Lipinski definition) is 4. The second-order valence-corrected chi connectivity index (χ2v) is 12.1. The fraction of sp³-hybridized carbons (Fsp3) is 0.815. The number of carboxylic acid groups (broad SMARTS) is 2. The zero-order valence-electron chi connectivity index (χ0n) is 25.1. The standard InChI is InChI=1S/C27H49N3O9S/c1-7-27(3,26(37)39-17-15-29(4,5)13-9-23(32)33)11-8-21(2)25(36)38-18-16-30(6,14-10-24(34)35)20-22(31)28-12-19-40/h21H,7-20H2,1-6H3,(H2-2,28,31,32,33,34,35,40)/p+2. The maximum Gasteiger partial charge on any atom is 0.311 e. The van der Waals surface area contributed by atoms with Gasteiger partial charge in [-0.05, 0) is 26.2 Å². The lowest BCUT2D eigenvalue weighted by molar-refractivity contribution is -0.901. The monoisotopic (exact) mass is 593 g/mol. The SMILES string of the molecule is CCC(C)(CCC(C)C(=O)OCC[N+](C)(CCC(=O)O)CC(=O)NCCS)C(=O)OCC[N+](C)(C)CCC(=O)O. The second-order valence-electron chi connectivity index (χ2n) is 11.6. The normalized spacial score (nSPS) is 15.3. The minimum Gasteiger partial charge on any atom is -0.481 e. The molecule has 0 aromatic carbocycles. The fourth-order valence-corrected chi connectivity index (χ4v) is 4.00. The van der Waals surface area contributed by atoms with E-state index in [2.05, 4.69) is 17.9 Å². The predicted molar refractivity (Wildman–Crippen MR) is 153 cm³/mol. The highest BCUT2D eigenvalue weighted by molar-refractivity contribution is 7.80. The number of carbonyl (C=O) groups is 5. The van der Waals surface area contributed by atoms with Gasteiger partial charge in [-0.1, -0.05) is 13.8 Å². The van der Waals surface area contributed by atoms with Gasteiger partial charge in [-0.3, -0.25) is 24.0 Å². The molecular formula is C27H51N3O9S+2. The third-order valence-corrected chi connectivity index (χ3v) is 7.59. The highest BCUT2D eigenvalue weighted by atomic mass is 32.1. The molecule has 0 spiro atoms. The Hall–Kier alpha value is -2.38. The highest BCUT2D eigenvalue weighted by Crippen LogP contribution is 2.31. The lowest BCUT2D eigenvalue weighted by atomic mass is 9.81. The molecule has 3 N–H and O–H groups in total. The first kappa shape index (κ1) is 37.6. The summed E-state index contributed by atoms with van der Waals surface area (Å²) in [5.41, 5.74) is -0.778. The van der Waals surface area contributed by atoms with Crippen molar-refractivity contribution in [1.82, 2.24) is 5.32 Å². The summed E-state index contributed by atoms with van der Waals surface area (Å²) in [5.74, 6) is -2.82. The second kappa shape index (κ2) is 18.1. The minimum absolute atomic E-state index is 0.0299. The molecule has 1 amide bonds. The molecule has 0 rings (SSSR count). The Morgan fingerprint density at radius 2 is 1.50 bits per heavy atom. The molecule has 12 nitrogen and oxygen atoms in total. The van der Waals surface area contributed by atoms with E-state index in [9.17, 15) is 24.0 Å². The topological polar surface area (TPSA) is 156 Å². The number of aliphatic carboxylic acids is 2. The zero-order valence-corrected chi connectivity index (χ0v) is 26.0. The Labute approximate surface area is 243 Å². The van der Waals surface area contributed by atoms with Crippen molar-refractivity contribution in [2.24, 2.45) is 11.3 Å². The highest BCUT2D eigenvalue weighted by Gasteiger charge is 2.35. The van der Waals surface area contributed by atoms with E-state index in [1.54, 1.807) is 14.0 Å². The van der Waals surface area contributed by atoms with Crippen LogP contribution in [0.25, 0.3) is 0 Å². The van der Waals surface area contributed by atoms with E-state index in [0.29, 0.717) is 49.1 Å². The van der Waals surface area contributed by atoms with Crippen molar-refractivity contribution in [2.45, 2.75) is 52.9 Å². The van der Waals surface area contributed by atoms with Crippen molar-refractivity contribution in [2.75, 3.05) is 79.4 Å². The molecule has 0 aliphatic rings. The number of nitrogens with zero attached hydrogens (tertiary/aromatic N) is 2. The quantitative estimate of drug-likeness (QED) is 0.0828. The smallest absolute Gasteiger partial charge is 0.311 e. The van der Waals surface area contributed by atoms with Crippen molar-refractivity contribution in [1.29, 1.82) is 0 Å². The van der Waals surface area contributed by atoms with E-state index < -0.39 is 29.2 Å². The number of amides is 1. The summed E-state index contributed by atoms with van der Waals surface area (Å²) >= 11 is 4.07. The summed E-state index contributed by atoms with van der Waals surface area (Å²) in [6.07, 6.45) is 1.28. The molecule has 0 bridgehead atoms. The molecule has 40 heavy (non-hydrogen) atoms. The number of thiol groups is 1. The summed E-state index contributed by atoms with van der Waals surface area (Å²) in [5, 5.41) is 20.7. The summed E-state index contributed by atoms with van der Waals surface area (Å²) < 4.78 is 11.5.